The minimum Gasteiger partial charge on any atom is -0.372 e. The Labute approximate surface area is 166 Å². The molecule has 2 heterocycles. The first-order chi connectivity index (χ1) is 13.8. The van der Waals surface area contributed by atoms with Crippen LogP contribution in [0.1, 0.15) is 30.4 Å². The summed E-state index contributed by atoms with van der Waals surface area (Å²) in [5.41, 5.74) is 4.80. The quantitative estimate of drug-likeness (QED) is 0.627. The normalized spacial score (nSPS) is 14.0. The maximum atomic E-state index is 4.57. The van der Waals surface area contributed by atoms with Gasteiger partial charge in [0.15, 0.2) is 0 Å². The number of piperidine rings is 1. The van der Waals surface area contributed by atoms with E-state index in [9.17, 15) is 0 Å². The maximum Gasteiger partial charge on any atom is 0.224 e. The molecule has 5 nitrogen and oxygen atoms in total. The number of rotatable bonds is 6. The molecule has 0 bridgehead atoms. The summed E-state index contributed by atoms with van der Waals surface area (Å²) in [6.07, 6.45) is 5.71. The van der Waals surface area contributed by atoms with Gasteiger partial charge in [0.25, 0.3) is 0 Å². The van der Waals surface area contributed by atoms with Gasteiger partial charge in [-0.1, -0.05) is 29.8 Å². The molecule has 0 radical (unpaired) electrons. The van der Waals surface area contributed by atoms with Crippen molar-refractivity contribution in [3.8, 4) is 0 Å². The van der Waals surface area contributed by atoms with Crippen molar-refractivity contribution in [3.63, 3.8) is 0 Å². The van der Waals surface area contributed by atoms with E-state index in [2.05, 4.69) is 81.0 Å². The smallest absolute Gasteiger partial charge is 0.224 e. The molecule has 0 amide bonds. The molecule has 1 aliphatic heterocycles. The lowest BCUT2D eigenvalue weighted by Gasteiger charge is -2.28. The minimum atomic E-state index is 0.621. The van der Waals surface area contributed by atoms with Gasteiger partial charge in [0, 0.05) is 37.2 Å². The minimum absolute atomic E-state index is 0.621. The molecule has 3 aromatic rings. The summed E-state index contributed by atoms with van der Waals surface area (Å²) >= 11 is 0. The molecule has 28 heavy (non-hydrogen) atoms. The predicted octanol–water partition coefficient (Wildman–Crippen LogP) is 5.13. The van der Waals surface area contributed by atoms with Crippen molar-refractivity contribution >= 4 is 23.1 Å². The lowest BCUT2D eigenvalue weighted by molar-refractivity contribution is 0.578. The van der Waals surface area contributed by atoms with Crippen LogP contribution in [0.2, 0.25) is 0 Å². The van der Waals surface area contributed by atoms with Crippen LogP contribution in [0.5, 0.6) is 0 Å². The molecule has 0 aliphatic carbocycles. The van der Waals surface area contributed by atoms with Crippen LogP contribution in [0.15, 0.2) is 60.8 Å². The Morgan fingerprint density at radius 1 is 0.893 bits per heavy atom. The van der Waals surface area contributed by atoms with Crippen LogP contribution >= 0.6 is 0 Å². The van der Waals surface area contributed by atoms with E-state index in [-0.39, 0.29) is 0 Å². The second-order valence-electron chi connectivity index (χ2n) is 7.32. The fourth-order valence-corrected chi connectivity index (χ4v) is 3.46. The van der Waals surface area contributed by atoms with Gasteiger partial charge in [0.05, 0.1) is 0 Å². The third kappa shape index (κ3) is 4.80. The monoisotopic (exact) mass is 373 g/mol. The van der Waals surface area contributed by atoms with Gasteiger partial charge < -0.3 is 15.5 Å². The van der Waals surface area contributed by atoms with Crippen molar-refractivity contribution in [2.45, 2.75) is 32.7 Å². The van der Waals surface area contributed by atoms with E-state index < -0.39 is 0 Å². The summed E-state index contributed by atoms with van der Waals surface area (Å²) in [6.45, 7) is 5.12. The van der Waals surface area contributed by atoms with Crippen LogP contribution in [0.3, 0.4) is 0 Å². The van der Waals surface area contributed by atoms with Gasteiger partial charge in [-0.2, -0.15) is 4.98 Å². The van der Waals surface area contributed by atoms with Gasteiger partial charge in [-0.15, -0.1) is 0 Å². The SMILES string of the molecule is Cc1ccc(CNc2nccc(Nc3ccc(N4CCCCC4)cc3)n2)cc1. The van der Waals surface area contributed by atoms with E-state index in [1.807, 2.05) is 6.07 Å². The van der Waals surface area contributed by atoms with Gasteiger partial charge in [-0.25, -0.2) is 4.98 Å². The highest BCUT2D eigenvalue weighted by atomic mass is 15.1. The zero-order valence-corrected chi connectivity index (χ0v) is 16.4. The average molecular weight is 374 g/mol. The number of aryl methyl sites for hydroxylation is 1. The molecular weight excluding hydrogens is 346 g/mol. The molecule has 1 fully saturated rings. The summed E-state index contributed by atoms with van der Waals surface area (Å²) in [5, 5.41) is 6.66. The number of hydrogen-bond acceptors (Lipinski definition) is 5. The number of benzene rings is 2. The van der Waals surface area contributed by atoms with Crippen LogP contribution in [0.4, 0.5) is 23.1 Å². The Bertz CT molecular complexity index is 884. The molecule has 0 saturated carbocycles. The maximum absolute atomic E-state index is 4.57. The molecule has 2 aromatic carbocycles. The Balaban J connectivity index is 1.36. The van der Waals surface area contributed by atoms with Crippen molar-refractivity contribution in [1.29, 1.82) is 0 Å². The van der Waals surface area contributed by atoms with Gasteiger partial charge in [0.2, 0.25) is 5.95 Å². The molecule has 144 valence electrons. The van der Waals surface area contributed by atoms with Gasteiger partial charge in [-0.05, 0) is 62.1 Å². The number of nitrogens with one attached hydrogen (secondary N) is 2. The Morgan fingerprint density at radius 3 is 2.39 bits per heavy atom. The zero-order valence-electron chi connectivity index (χ0n) is 16.4. The third-order valence-electron chi connectivity index (χ3n) is 5.09. The molecule has 0 atom stereocenters. The van der Waals surface area contributed by atoms with Crippen molar-refractivity contribution < 1.29 is 0 Å². The molecule has 4 rings (SSSR count). The second kappa shape index (κ2) is 8.74. The van der Waals surface area contributed by atoms with Crippen LogP contribution < -0.4 is 15.5 Å². The molecule has 0 unspecified atom stereocenters. The third-order valence-corrected chi connectivity index (χ3v) is 5.09. The summed E-state index contributed by atoms with van der Waals surface area (Å²) < 4.78 is 0. The number of hydrogen-bond donors (Lipinski definition) is 2. The van der Waals surface area contributed by atoms with Crippen LogP contribution in [-0.4, -0.2) is 23.1 Å². The molecule has 1 aliphatic rings. The summed E-state index contributed by atoms with van der Waals surface area (Å²) in [4.78, 5) is 11.4. The largest absolute Gasteiger partial charge is 0.372 e. The van der Waals surface area contributed by atoms with E-state index in [1.54, 1.807) is 6.20 Å². The van der Waals surface area contributed by atoms with E-state index in [0.717, 1.165) is 24.6 Å². The summed E-state index contributed by atoms with van der Waals surface area (Å²) in [6, 6.07) is 19.0. The topological polar surface area (TPSA) is 53.1 Å². The van der Waals surface area contributed by atoms with Crippen LogP contribution in [0.25, 0.3) is 0 Å². The molecule has 1 saturated heterocycles. The number of aromatic nitrogens is 2. The van der Waals surface area contributed by atoms with E-state index in [1.165, 1.54) is 36.1 Å². The Morgan fingerprint density at radius 2 is 1.64 bits per heavy atom. The molecule has 0 spiro atoms. The lowest BCUT2D eigenvalue weighted by Crippen LogP contribution is -2.29. The lowest BCUT2D eigenvalue weighted by atomic mass is 10.1. The first-order valence-corrected chi connectivity index (χ1v) is 10.0. The van der Waals surface area contributed by atoms with Gasteiger partial charge in [0.1, 0.15) is 5.82 Å². The van der Waals surface area contributed by atoms with E-state index >= 15 is 0 Å². The van der Waals surface area contributed by atoms with E-state index in [0.29, 0.717) is 12.5 Å². The fourth-order valence-electron chi connectivity index (χ4n) is 3.46. The molecule has 5 heteroatoms. The van der Waals surface area contributed by atoms with E-state index in [4.69, 9.17) is 0 Å². The first kappa shape index (κ1) is 18.3. The Hall–Kier alpha value is -3.08. The number of nitrogens with zero attached hydrogens (tertiary/aromatic N) is 3. The summed E-state index contributed by atoms with van der Waals surface area (Å²) in [7, 11) is 0. The predicted molar refractivity (Wildman–Crippen MR) is 116 cm³/mol. The molecular formula is C23H27N5. The van der Waals surface area contributed by atoms with Crippen molar-refractivity contribution in [2.75, 3.05) is 28.6 Å². The highest BCUT2D eigenvalue weighted by Gasteiger charge is 2.10. The second-order valence-corrected chi connectivity index (χ2v) is 7.32. The zero-order chi connectivity index (χ0) is 19.2. The highest BCUT2D eigenvalue weighted by molar-refractivity contribution is 5.61. The van der Waals surface area contributed by atoms with Gasteiger partial charge in [-0.3, -0.25) is 0 Å². The Kier molecular flexibility index (Phi) is 5.71. The van der Waals surface area contributed by atoms with Crippen LogP contribution in [-0.2, 0) is 6.54 Å². The van der Waals surface area contributed by atoms with Crippen LogP contribution in [0, 0.1) is 6.92 Å². The standard InChI is InChI=1S/C23H27N5/c1-18-5-7-19(8-6-18)17-25-23-24-14-13-22(27-23)26-20-9-11-21(12-10-20)28-15-3-2-4-16-28/h5-14H,2-4,15-17H2,1H3,(H2,24,25,26,27). The average Bonchev–Trinajstić information content (AvgIpc) is 2.75. The first-order valence-electron chi connectivity index (χ1n) is 10.0. The van der Waals surface area contributed by atoms with Gasteiger partial charge >= 0.3 is 0 Å². The number of anilines is 4. The summed E-state index contributed by atoms with van der Waals surface area (Å²) in [5.74, 6) is 1.41. The molecule has 2 N–H and O–H groups in total. The highest BCUT2D eigenvalue weighted by Crippen LogP contribution is 2.23. The van der Waals surface area contributed by atoms with Crippen molar-refractivity contribution in [3.05, 3.63) is 71.9 Å². The fraction of sp³-hybridized carbons (Fsp3) is 0.304. The van der Waals surface area contributed by atoms with Crippen molar-refractivity contribution in [1.82, 2.24) is 9.97 Å². The molecule has 1 aromatic heterocycles. The van der Waals surface area contributed by atoms with Crippen molar-refractivity contribution in [2.24, 2.45) is 0 Å².